The van der Waals surface area contributed by atoms with E-state index in [-0.39, 0.29) is 11.1 Å². The lowest BCUT2D eigenvalue weighted by Crippen LogP contribution is -2.30. The molecule has 24 heavy (non-hydrogen) atoms. The van der Waals surface area contributed by atoms with Gasteiger partial charge in [-0.1, -0.05) is 11.6 Å². The van der Waals surface area contributed by atoms with Crippen LogP contribution in [0.2, 0.25) is 5.02 Å². The van der Waals surface area contributed by atoms with E-state index in [2.05, 4.69) is 4.99 Å². The number of halogens is 4. The third kappa shape index (κ3) is 4.24. The molecule has 0 aromatic heterocycles. The van der Waals surface area contributed by atoms with Crippen molar-refractivity contribution in [3.8, 4) is 5.75 Å². The highest BCUT2D eigenvalue weighted by Crippen LogP contribution is 2.36. The van der Waals surface area contributed by atoms with Crippen LogP contribution in [0.5, 0.6) is 5.75 Å². The lowest BCUT2D eigenvalue weighted by molar-refractivity contribution is -0.137. The molecule has 0 aliphatic carbocycles. The van der Waals surface area contributed by atoms with Crippen molar-refractivity contribution in [2.45, 2.75) is 12.3 Å². The van der Waals surface area contributed by atoms with Crippen LogP contribution in [0.25, 0.3) is 0 Å². The molecule has 2 aromatic carbocycles. The van der Waals surface area contributed by atoms with E-state index in [0.29, 0.717) is 5.69 Å². The van der Waals surface area contributed by atoms with Gasteiger partial charge in [0.25, 0.3) is 0 Å². The Hall–Kier alpha value is -1.66. The van der Waals surface area contributed by atoms with Gasteiger partial charge in [0.05, 0.1) is 16.3 Å². The highest BCUT2D eigenvalue weighted by Gasteiger charge is 2.32. The summed E-state index contributed by atoms with van der Waals surface area (Å²) in [7, 11) is 0. The number of hydrogen-bond acceptors (Lipinski definition) is 3. The zero-order valence-corrected chi connectivity index (χ0v) is 14.0. The molecule has 0 amide bonds. The Labute approximate surface area is 146 Å². The molecule has 1 fully saturated rings. The van der Waals surface area contributed by atoms with Gasteiger partial charge in [-0.3, -0.25) is 4.99 Å². The molecule has 2 aromatic rings. The van der Waals surface area contributed by atoms with Crippen molar-refractivity contribution in [1.82, 2.24) is 0 Å². The second kappa shape index (κ2) is 7.07. The summed E-state index contributed by atoms with van der Waals surface area (Å²) >= 11 is 7.52. The molecule has 1 aliphatic rings. The lowest BCUT2D eigenvalue weighted by atomic mass is 10.2. The average molecular weight is 372 g/mol. The molecule has 1 saturated heterocycles. The van der Waals surface area contributed by atoms with Gasteiger partial charge in [0.2, 0.25) is 0 Å². The van der Waals surface area contributed by atoms with Crippen LogP contribution in [-0.2, 0) is 6.18 Å². The van der Waals surface area contributed by atoms with Gasteiger partial charge in [-0.25, -0.2) is 0 Å². The Morgan fingerprint density at radius 2 is 1.83 bits per heavy atom. The summed E-state index contributed by atoms with van der Waals surface area (Å²) in [5.41, 5.74) is 0.319. The van der Waals surface area contributed by atoms with Crippen molar-refractivity contribution in [2.24, 2.45) is 4.99 Å². The summed E-state index contributed by atoms with van der Waals surface area (Å²) in [6, 6.07) is 10.8. The van der Waals surface area contributed by atoms with Gasteiger partial charge in [0.1, 0.15) is 11.9 Å². The predicted octanol–water partition coefficient (Wildman–Crippen LogP) is 5.60. The van der Waals surface area contributed by atoms with Crippen LogP contribution in [0.4, 0.5) is 18.9 Å². The maximum Gasteiger partial charge on any atom is 0.417 e. The van der Waals surface area contributed by atoms with Gasteiger partial charge in [0.15, 0.2) is 0 Å². The summed E-state index contributed by atoms with van der Waals surface area (Å²) < 4.78 is 43.7. The largest absolute Gasteiger partial charge is 0.489 e. The van der Waals surface area contributed by atoms with E-state index in [1.165, 1.54) is 12.1 Å². The number of hydrogen-bond donors (Lipinski definition) is 0. The Morgan fingerprint density at radius 1 is 1.12 bits per heavy atom. The van der Waals surface area contributed by atoms with Gasteiger partial charge < -0.3 is 4.74 Å². The van der Waals surface area contributed by atoms with E-state index in [9.17, 15) is 13.2 Å². The van der Waals surface area contributed by atoms with E-state index in [1.54, 1.807) is 6.21 Å². The van der Waals surface area contributed by atoms with Gasteiger partial charge in [0, 0.05) is 17.7 Å². The third-order valence-corrected chi connectivity index (χ3v) is 4.94. The van der Waals surface area contributed by atoms with Crippen LogP contribution in [0, 0.1) is 0 Å². The second-order valence-corrected chi connectivity index (χ2v) is 6.75. The number of thioether (sulfide) groups is 1. The summed E-state index contributed by atoms with van der Waals surface area (Å²) in [6.45, 7) is 0. The molecule has 3 rings (SSSR count). The first-order valence-corrected chi connectivity index (χ1v) is 8.70. The van der Waals surface area contributed by atoms with Crippen LogP contribution >= 0.6 is 23.4 Å². The topological polar surface area (TPSA) is 21.6 Å². The molecule has 0 radical (unpaired) electrons. The minimum absolute atomic E-state index is 0.281. The fraction of sp³-hybridized carbons (Fsp3) is 0.235. The monoisotopic (exact) mass is 371 g/mol. The first-order valence-electron chi connectivity index (χ1n) is 7.17. The Bertz CT molecular complexity index is 742. The summed E-state index contributed by atoms with van der Waals surface area (Å²) in [6.07, 6.45) is -2.61. The second-order valence-electron chi connectivity index (χ2n) is 5.27. The van der Waals surface area contributed by atoms with Crippen molar-refractivity contribution >= 4 is 35.3 Å². The number of aliphatic imine (C=N–C) groups is 1. The van der Waals surface area contributed by atoms with Crippen molar-refractivity contribution in [3.05, 3.63) is 58.6 Å². The zero-order chi connectivity index (χ0) is 17.2. The Kier molecular flexibility index (Phi) is 5.06. The van der Waals surface area contributed by atoms with Gasteiger partial charge in [-0.2, -0.15) is 24.9 Å². The molecule has 0 unspecified atom stereocenters. The first-order chi connectivity index (χ1) is 11.4. The molecule has 0 spiro atoms. The van der Waals surface area contributed by atoms with Crippen LogP contribution in [-0.4, -0.2) is 23.8 Å². The summed E-state index contributed by atoms with van der Waals surface area (Å²) in [5.74, 6) is 2.82. The molecular weight excluding hydrogens is 359 g/mol. The van der Waals surface area contributed by atoms with Crippen molar-refractivity contribution in [3.63, 3.8) is 0 Å². The molecule has 0 N–H and O–H groups in total. The number of ether oxygens (including phenoxy) is 1. The fourth-order valence-electron chi connectivity index (χ4n) is 2.07. The first kappa shape index (κ1) is 17.2. The van der Waals surface area contributed by atoms with Crippen molar-refractivity contribution < 1.29 is 17.9 Å². The van der Waals surface area contributed by atoms with Crippen LogP contribution in [0.3, 0.4) is 0 Å². The number of alkyl halides is 3. The predicted molar refractivity (Wildman–Crippen MR) is 91.9 cm³/mol. The SMILES string of the molecule is FC(F)(F)c1ccc(N=Cc2ccc(OC3CSC3)cc2)cc1Cl. The number of rotatable bonds is 4. The van der Waals surface area contributed by atoms with Gasteiger partial charge >= 0.3 is 6.18 Å². The lowest BCUT2D eigenvalue weighted by Gasteiger charge is -2.25. The molecular formula is C17H13ClF3NOS. The number of benzene rings is 2. The maximum absolute atomic E-state index is 12.7. The molecule has 0 bridgehead atoms. The van der Waals surface area contributed by atoms with Crippen LogP contribution in [0.1, 0.15) is 11.1 Å². The van der Waals surface area contributed by atoms with Crippen molar-refractivity contribution in [2.75, 3.05) is 11.5 Å². The van der Waals surface area contributed by atoms with Gasteiger partial charge in [-0.05, 0) is 48.0 Å². The van der Waals surface area contributed by atoms with Gasteiger partial charge in [-0.15, -0.1) is 0 Å². The molecule has 0 atom stereocenters. The molecule has 1 aliphatic heterocycles. The fourth-order valence-corrected chi connectivity index (χ4v) is 2.92. The van der Waals surface area contributed by atoms with E-state index < -0.39 is 11.7 Å². The van der Waals surface area contributed by atoms with Crippen molar-refractivity contribution in [1.29, 1.82) is 0 Å². The third-order valence-electron chi connectivity index (χ3n) is 3.41. The zero-order valence-electron chi connectivity index (χ0n) is 12.4. The van der Waals surface area contributed by atoms with E-state index in [0.717, 1.165) is 28.9 Å². The summed E-state index contributed by atoms with van der Waals surface area (Å²) in [4.78, 5) is 4.16. The molecule has 0 saturated carbocycles. The number of nitrogens with zero attached hydrogens (tertiary/aromatic N) is 1. The standard InChI is InChI=1S/C17H13ClF3NOS/c18-16-7-12(3-6-15(16)17(19,20)21)22-8-11-1-4-13(5-2-11)23-14-9-24-10-14/h1-8,14H,9-10H2. The highest BCUT2D eigenvalue weighted by molar-refractivity contribution is 8.00. The Morgan fingerprint density at radius 3 is 2.38 bits per heavy atom. The quantitative estimate of drug-likeness (QED) is 0.652. The maximum atomic E-state index is 12.7. The van der Waals surface area contributed by atoms with Crippen LogP contribution in [0.15, 0.2) is 47.5 Å². The molecule has 1 heterocycles. The minimum Gasteiger partial charge on any atom is -0.489 e. The van der Waals surface area contributed by atoms with E-state index in [4.69, 9.17) is 16.3 Å². The molecule has 2 nitrogen and oxygen atoms in total. The summed E-state index contributed by atoms with van der Waals surface area (Å²) in [5, 5.41) is -0.362. The average Bonchev–Trinajstić information content (AvgIpc) is 2.49. The Balaban J connectivity index is 1.67. The van der Waals surface area contributed by atoms with E-state index >= 15 is 0 Å². The molecule has 126 valence electrons. The normalized spacial score (nSPS) is 15.5. The van der Waals surface area contributed by atoms with E-state index in [1.807, 2.05) is 36.0 Å². The smallest absolute Gasteiger partial charge is 0.417 e. The van der Waals surface area contributed by atoms with Crippen LogP contribution < -0.4 is 4.74 Å². The highest BCUT2D eigenvalue weighted by atomic mass is 35.5. The minimum atomic E-state index is -4.46. The molecule has 7 heteroatoms.